The largest absolute Gasteiger partial charge is 0.495 e. The van der Waals surface area contributed by atoms with E-state index in [2.05, 4.69) is 5.32 Å². The van der Waals surface area contributed by atoms with E-state index in [9.17, 15) is 23.3 Å². The van der Waals surface area contributed by atoms with E-state index in [0.29, 0.717) is 24.4 Å². The number of hydrogen-bond acceptors (Lipinski definition) is 6. The topological polar surface area (TPSA) is 119 Å². The zero-order valence-corrected chi connectivity index (χ0v) is 18.5. The van der Waals surface area contributed by atoms with Crippen molar-refractivity contribution in [2.24, 2.45) is 0 Å². The van der Waals surface area contributed by atoms with Crippen LogP contribution < -0.4 is 10.1 Å². The number of sulfonamides is 1. The van der Waals surface area contributed by atoms with Gasteiger partial charge in [-0.05, 0) is 42.7 Å². The number of ether oxygens (including phenoxy) is 1. The minimum Gasteiger partial charge on any atom is -0.495 e. The van der Waals surface area contributed by atoms with Crippen LogP contribution in [0.15, 0.2) is 53.4 Å². The van der Waals surface area contributed by atoms with Crippen molar-refractivity contribution in [1.82, 2.24) is 4.31 Å². The number of carbonyl (C=O) groups is 1. The van der Waals surface area contributed by atoms with E-state index in [4.69, 9.17) is 4.74 Å². The summed E-state index contributed by atoms with van der Waals surface area (Å²) in [6.45, 7) is 0.948. The second kappa shape index (κ2) is 10.4. The van der Waals surface area contributed by atoms with Crippen LogP contribution in [0.3, 0.4) is 0 Å². The number of nitro groups is 1. The Morgan fingerprint density at radius 2 is 1.84 bits per heavy atom. The maximum atomic E-state index is 13.1. The molecule has 3 rings (SSSR count). The molecule has 170 valence electrons. The first-order chi connectivity index (χ1) is 15.3. The quantitative estimate of drug-likeness (QED) is 0.382. The van der Waals surface area contributed by atoms with E-state index in [-0.39, 0.29) is 16.3 Å². The minimum atomic E-state index is -3.69. The Hall–Kier alpha value is -3.24. The molecule has 1 fully saturated rings. The van der Waals surface area contributed by atoms with Gasteiger partial charge in [0.2, 0.25) is 15.9 Å². The predicted octanol–water partition coefficient (Wildman–Crippen LogP) is 3.82. The van der Waals surface area contributed by atoms with Gasteiger partial charge in [-0.15, -0.1) is 0 Å². The van der Waals surface area contributed by atoms with Gasteiger partial charge >= 0.3 is 0 Å². The first-order valence-electron chi connectivity index (χ1n) is 10.2. The van der Waals surface area contributed by atoms with Gasteiger partial charge in [0.05, 0.1) is 22.6 Å². The fraction of sp³-hybridized carbons (Fsp3) is 0.318. The Balaban J connectivity index is 1.80. The molecule has 1 aliphatic heterocycles. The SMILES string of the molecule is COc1ccc(S(=O)(=O)N2CCCCCC2)cc1NC(=O)/C=C/c1cccc([N+](=O)[O-])c1. The maximum Gasteiger partial charge on any atom is 0.270 e. The van der Waals surface area contributed by atoms with Crippen LogP contribution in [-0.2, 0) is 14.8 Å². The summed E-state index contributed by atoms with van der Waals surface area (Å²) in [4.78, 5) is 22.9. The number of amides is 1. The Kier molecular flexibility index (Phi) is 7.60. The first-order valence-corrected chi connectivity index (χ1v) is 11.7. The maximum absolute atomic E-state index is 13.1. The van der Waals surface area contributed by atoms with Gasteiger partial charge < -0.3 is 10.1 Å². The molecule has 0 bridgehead atoms. The van der Waals surface area contributed by atoms with Gasteiger partial charge in [0.15, 0.2) is 0 Å². The van der Waals surface area contributed by atoms with Crippen molar-refractivity contribution in [2.75, 3.05) is 25.5 Å². The molecule has 1 aliphatic rings. The van der Waals surface area contributed by atoms with Crippen LogP contribution in [0.1, 0.15) is 31.2 Å². The second-order valence-electron chi connectivity index (χ2n) is 7.36. The number of nitro benzene ring substituents is 1. The molecular weight excluding hydrogens is 434 g/mol. The van der Waals surface area contributed by atoms with Crippen molar-refractivity contribution in [3.63, 3.8) is 0 Å². The van der Waals surface area contributed by atoms with Gasteiger partial charge in [0.1, 0.15) is 5.75 Å². The number of nitrogens with one attached hydrogen (secondary N) is 1. The average molecular weight is 460 g/mol. The van der Waals surface area contributed by atoms with Crippen LogP contribution >= 0.6 is 0 Å². The van der Waals surface area contributed by atoms with Crippen molar-refractivity contribution in [3.05, 3.63) is 64.2 Å². The number of hydrogen-bond donors (Lipinski definition) is 1. The van der Waals surface area contributed by atoms with E-state index in [1.807, 2.05) is 0 Å². The molecule has 1 amide bonds. The molecule has 0 saturated carbocycles. The lowest BCUT2D eigenvalue weighted by Gasteiger charge is -2.20. The third kappa shape index (κ3) is 5.71. The molecule has 0 radical (unpaired) electrons. The van der Waals surface area contributed by atoms with Gasteiger partial charge in [-0.3, -0.25) is 14.9 Å². The van der Waals surface area contributed by atoms with Crippen molar-refractivity contribution < 1.29 is 22.9 Å². The van der Waals surface area contributed by atoms with Crippen molar-refractivity contribution in [1.29, 1.82) is 0 Å². The van der Waals surface area contributed by atoms with Crippen LogP contribution in [0, 0.1) is 10.1 Å². The number of benzene rings is 2. The van der Waals surface area contributed by atoms with Crippen molar-refractivity contribution >= 4 is 33.4 Å². The molecule has 0 unspecified atom stereocenters. The minimum absolute atomic E-state index is 0.0816. The summed E-state index contributed by atoms with van der Waals surface area (Å²) in [6, 6.07) is 10.2. The standard InChI is InChI=1S/C22H25N3O6S/c1-31-21-11-10-19(32(29,30)24-13-4-2-3-5-14-24)16-20(21)23-22(26)12-9-17-7-6-8-18(15-17)25(27)28/h6-12,15-16H,2-5,13-14H2,1H3,(H,23,26)/b12-9+. The molecule has 10 heteroatoms. The van der Waals surface area contributed by atoms with Crippen LogP contribution in [0.4, 0.5) is 11.4 Å². The molecule has 9 nitrogen and oxygen atoms in total. The number of methoxy groups -OCH3 is 1. The normalized spacial score (nSPS) is 15.3. The van der Waals surface area contributed by atoms with Gasteiger partial charge in [0, 0.05) is 31.3 Å². The Morgan fingerprint density at radius 3 is 2.50 bits per heavy atom. The zero-order chi connectivity index (χ0) is 23.1. The fourth-order valence-electron chi connectivity index (χ4n) is 3.46. The van der Waals surface area contributed by atoms with Gasteiger partial charge in [-0.2, -0.15) is 4.31 Å². The molecule has 2 aromatic rings. The number of rotatable bonds is 7. The van der Waals surface area contributed by atoms with E-state index in [1.54, 1.807) is 6.07 Å². The summed E-state index contributed by atoms with van der Waals surface area (Å²) in [5.74, 6) is -0.212. The number of non-ortho nitro benzene ring substituents is 1. The van der Waals surface area contributed by atoms with Crippen LogP contribution in [0.5, 0.6) is 5.75 Å². The Bertz CT molecular complexity index is 1120. The second-order valence-corrected chi connectivity index (χ2v) is 9.29. The summed E-state index contributed by atoms with van der Waals surface area (Å²) in [5, 5.41) is 13.5. The summed E-state index contributed by atoms with van der Waals surface area (Å²) in [5.41, 5.74) is 0.622. The Morgan fingerprint density at radius 1 is 1.12 bits per heavy atom. The number of carbonyl (C=O) groups excluding carboxylic acids is 1. The molecule has 0 atom stereocenters. The number of nitrogens with zero attached hydrogens (tertiary/aromatic N) is 2. The van der Waals surface area contributed by atoms with Crippen molar-refractivity contribution in [2.45, 2.75) is 30.6 Å². The highest BCUT2D eigenvalue weighted by atomic mass is 32.2. The third-order valence-corrected chi connectivity index (χ3v) is 7.03. The highest BCUT2D eigenvalue weighted by molar-refractivity contribution is 7.89. The lowest BCUT2D eigenvalue weighted by molar-refractivity contribution is -0.384. The molecular formula is C22H25N3O6S. The van der Waals surface area contributed by atoms with E-state index >= 15 is 0 Å². The molecule has 0 aliphatic carbocycles. The van der Waals surface area contributed by atoms with Crippen LogP contribution in [0.25, 0.3) is 6.08 Å². The zero-order valence-electron chi connectivity index (χ0n) is 17.7. The monoisotopic (exact) mass is 459 g/mol. The molecule has 1 saturated heterocycles. The summed E-state index contributed by atoms with van der Waals surface area (Å²) in [6.07, 6.45) is 6.31. The number of anilines is 1. The molecule has 0 spiro atoms. The molecule has 32 heavy (non-hydrogen) atoms. The highest BCUT2D eigenvalue weighted by Gasteiger charge is 2.26. The first kappa shape index (κ1) is 23.4. The van der Waals surface area contributed by atoms with Gasteiger partial charge in [-0.25, -0.2) is 8.42 Å². The molecule has 1 N–H and O–H groups in total. The van der Waals surface area contributed by atoms with Gasteiger partial charge in [-0.1, -0.05) is 25.0 Å². The van der Waals surface area contributed by atoms with Gasteiger partial charge in [0.25, 0.3) is 5.69 Å². The van der Waals surface area contributed by atoms with E-state index in [0.717, 1.165) is 25.7 Å². The van der Waals surface area contributed by atoms with E-state index in [1.165, 1.54) is 60.0 Å². The molecule has 1 heterocycles. The van der Waals surface area contributed by atoms with Crippen molar-refractivity contribution in [3.8, 4) is 5.75 Å². The lowest BCUT2D eigenvalue weighted by Crippen LogP contribution is -2.32. The van der Waals surface area contributed by atoms with Crippen LogP contribution in [0.2, 0.25) is 0 Å². The fourth-order valence-corrected chi connectivity index (χ4v) is 5.01. The average Bonchev–Trinajstić information content (AvgIpc) is 3.08. The Labute approximate surface area is 186 Å². The smallest absolute Gasteiger partial charge is 0.270 e. The summed E-state index contributed by atoms with van der Waals surface area (Å²) >= 11 is 0. The molecule has 0 aromatic heterocycles. The molecule has 2 aromatic carbocycles. The van der Waals surface area contributed by atoms with Crippen LogP contribution in [-0.4, -0.2) is 43.8 Å². The third-order valence-electron chi connectivity index (χ3n) is 5.14. The summed E-state index contributed by atoms with van der Waals surface area (Å²) < 4.78 is 32.9. The summed E-state index contributed by atoms with van der Waals surface area (Å²) in [7, 11) is -2.27. The van der Waals surface area contributed by atoms with E-state index < -0.39 is 20.9 Å². The predicted molar refractivity (Wildman–Crippen MR) is 121 cm³/mol. The lowest BCUT2D eigenvalue weighted by atomic mass is 10.2. The highest BCUT2D eigenvalue weighted by Crippen LogP contribution is 2.30.